The predicted octanol–water partition coefficient (Wildman–Crippen LogP) is 3.61. The van der Waals surface area contributed by atoms with Crippen LogP contribution in [0.25, 0.3) is 0 Å². The number of rotatable bonds is 13. The lowest BCUT2D eigenvalue weighted by Crippen LogP contribution is -2.28. The standard InChI is InChI=1S/C27H38N12O/c1-7-39(25-14-10-23(11-15-25)31-33-27-36(4)21-29-38(27)6)17-19-40-18-16-34(2)24-12-8-22(9-13-24)30-32-26-35(3)20-28-37(26)5/h8-15,20-21H,7,16-19H2,1-6H3/q+2. The van der Waals surface area contributed by atoms with E-state index in [1.165, 1.54) is 0 Å². The zero-order valence-electron chi connectivity index (χ0n) is 24.1. The molecule has 13 heteroatoms. The summed E-state index contributed by atoms with van der Waals surface area (Å²) < 4.78 is 13.0. The van der Waals surface area contributed by atoms with Crippen LogP contribution in [0.5, 0.6) is 0 Å². The molecular weight excluding hydrogens is 508 g/mol. The maximum Gasteiger partial charge on any atom is 0.403 e. The Morgan fingerprint density at radius 2 is 1.20 bits per heavy atom. The fourth-order valence-electron chi connectivity index (χ4n) is 4.03. The smallest absolute Gasteiger partial charge is 0.378 e. The van der Waals surface area contributed by atoms with Gasteiger partial charge >= 0.3 is 11.9 Å². The van der Waals surface area contributed by atoms with E-state index in [1.807, 2.05) is 73.7 Å². The van der Waals surface area contributed by atoms with Gasteiger partial charge in [0.15, 0.2) is 0 Å². The Bertz CT molecular complexity index is 1380. The first kappa shape index (κ1) is 28.5. The molecule has 4 rings (SSSR count). The molecular formula is C27H38N12O+2. The number of azo groups is 2. The van der Waals surface area contributed by atoms with Crippen molar-refractivity contribution >= 4 is 34.6 Å². The lowest BCUT2D eigenvalue weighted by Gasteiger charge is -2.24. The van der Waals surface area contributed by atoms with Crippen LogP contribution in [0.2, 0.25) is 0 Å². The van der Waals surface area contributed by atoms with E-state index in [2.05, 4.69) is 66.6 Å². The number of hydrogen-bond donors (Lipinski definition) is 0. The number of likely N-dealkylation sites (N-methyl/N-ethyl adjacent to an activating group) is 2. The van der Waals surface area contributed by atoms with Gasteiger partial charge in [-0.1, -0.05) is 10.2 Å². The normalized spacial score (nSPS) is 11.7. The summed E-state index contributed by atoms with van der Waals surface area (Å²) in [6, 6.07) is 16.1. The van der Waals surface area contributed by atoms with Crippen molar-refractivity contribution in [1.29, 1.82) is 0 Å². The van der Waals surface area contributed by atoms with Crippen molar-refractivity contribution in [1.82, 2.24) is 19.6 Å². The minimum Gasteiger partial charge on any atom is -0.378 e. The zero-order valence-corrected chi connectivity index (χ0v) is 24.1. The minimum atomic E-state index is 0.636. The molecule has 0 aliphatic carbocycles. The Hall–Kier alpha value is -4.52. The molecule has 0 spiro atoms. The Balaban J connectivity index is 1.20. The van der Waals surface area contributed by atoms with E-state index < -0.39 is 0 Å². The molecule has 0 radical (unpaired) electrons. The lowest BCUT2D eigenvalue weighted by atomic mass is 10.2. The van der Waals surface area contributed by atoms with Crippen LogP contribution in [0.4, 0.5) is 34.6 Å². The number of aromatic nitrogens is 6. The van der Waals surface area contributed by atoms with Crippen LogP contribution in [0.1, 0.15) is 6.92 Å². The predicted molar refractivity (Wildman–Crippen MR) is 152 cm³/mol. The van der Waals surface area contributed by atoms with E-state index in [0.717, 1.165) is 42.4 Å². The molecule has 2 aromatic heterocycles. The van der Waals surface area contributed by atoms with Crippen molar-refractivity contribution < 1.29 is 13.9 Å². The molecule has 210 valence electrons. The van der Waals surface area contributed by atoms with Gasteiger partial charge in [-0.05, 0) is 65.7 Å². The third-order valence-electron chi connectivity index (χ3n) is 6.48. The summed E-state index contributed by atoms with van der Waals surface area (Å²) >= 11 is 0. The molecule has 0 aliphatic rings. The first-order valence-electron chi connectivity index (χ1n) is 13.2. The second-order valence-electron chi connectivity index (χ2n) is 9.38. The second-order valence-corrected chi connectivity index (χ2v) is 9.38. The second kappa shape index (κ2) is 13.5. The summed E-state index contributed by atoms with van der Waals surface area (Å²) in [7, 11) is 9.51. The van der Waals surface area contributed by atoms with E-state index in [9.17, 15) is 0 Å². The lowest BCUT2D eigenvalue weighted by molar-refractivity contribution is -0.659. The summed E-state index contributed by atoms with van der Waals surface area (Å²) in [6.45, 7) is 5.90. The van der Waals surface area contributed by atoms with Gasteiger partial charge in [-0.3, -0.25) is 0 Å². The molecule has 0 amide bonds. The van der Waals surface area contributed by atoms with Crippen molar-refractivity contribution in [3.05, 3.63) is 61.2 Å². The van der Waals surface area contributed by atoms with Gasteiger partial charge in [0.25, 0.3) is 0 Å². The Morgan fingerprint density at radius 3 is 1.65 bits per heavy atom. The van der Waals surface area contributed by atoms with Crippen molar-refractivity contribution in [2.75, 3.05) is 49.7 Å². The van der Waals surface area contributed by atoms with Crippen molar-refractivity contribution in [2.45, 2.75) is 6.92 Å². The molecule has 0 aliphatic heterocycles. The highest BCUT2D eigenvalue weighted by molar-refractivity contribution is 5.53. The van der Waals surface area contributed by atoms with Gasteiger partial charge in [-0.2, -0.15) is 0 Å². The van der Waals surface area contributed by atoms with Crippen molar-refractivity contribution in [3.8, 4) is 0 Å². The molecule has 2 heterocycles. The molecule has 0 fully saturated rings. The highest BCUT2D eigenvalue weighted by atomic mass is 16.5. The summed E-state index contributed by atoms with van der Waals surface area (Å²) in [5.74, 6) is 1.35. The molecule has 0 saturated carbocycles. The topological polar surface area (TPSA) is 109 Å². The molecule has 40 heavy (non-hydrogen) atoms. The zero-order chi connectivity index (χ0) is 28.5. The molecule has 4 aromatic rings. The third-order valence-corrected chi connectivity index (χ3v) is 6.48. The first-order valence-corrected chi connectivity index (χ1v) is 13.2. The summed E-state index contributed by atoms with van der Waals surface area (Å²) in [4.78, 5) is 4.45. The molecule has 0 unspecified atom stereocenters. The van der Waals surface area contributed by atoms with Crippen LogP contribution >= 0.6 is 0 Å². The van der Waals surface area contributed by atoms with Gasteiger partial charge in [0.05, 0.1) is 52.8 Å². The van der Waals surface area contributed by atoms with E-state index >= 15 is 0 Å². The largest absolute Gasteiger partial charge is 0.403 e. The number of hydrogen-bond acceptors (Lipinski definition) is 9. The summed E-state index contributed by atoms with van der Waals surface area (Å²) in [5.41, 5.74) is 3.80. The molecule has 0 saturated heterocycles. The van der Waals surface area contributed by atoms with Crippen LogP contribution < -0.4 is 18.9 Å². The Kier molecular flexibility index (Phi) is 9.62. The maximum absolute atomic E-state index is 5.96. The van der Waals surface area contributed by atoms with Crippen LogP contribution in [-0.2, 0) is 32.9 Å². The highest BCUT2D eigenvalue weighted by Gasteiger charge is 2.12. The van der Waals surface area contributed by atoms with E-state index in [4.69, 9.17) is 4.74 Å². The number of aryl methyl sites for hydroxylation is 4. The van der Waals surface area contributed by atoms with E-state index in [-0.39, 0.29) is 0 Å². The van der Waals surface area contributed by atoms with E-state index in [1.54, 1.807) is 22.0 Å². The average Bonchev–Trinajstić information content (AvgIpc) is 3.47. The van der Waals surface area contributed by atoms with Crippen LogP contribution in [0.15, 0.2) is 81.6 Å². The first-order chi connectivity index (χ1) is 19.4. The Labute approximate surface area is 234 Å². The number of anilines is 2. The third kappa shape index (κ3) is 7.32. The number of ether oxygens (including phenoxy) is 1. The van der Waals surface area contributed by atoms with Gasteiger partial charge in [0.1, 0.15) is 0 Å². The Morgan fingerprint density at radius 1 is 0.725 bits per heavy atom. The number of nitrogens with zero attached hydrogens (tertiary/aromatic N) is 12. The van der Waals surface area contributed by atoms with Gasteiger partial charge in [0.2, 0.25) is 12.7 Å². The van der Waals surface area contributed by atoms with Crippen molar-refractivity contribution in [2.24, 2.45) is 48.6 Å². The van der Waals surface area contributed by atoms with Crippen molar-refractivity contribution in [3.63, 3.8) is 0 Å². The fraction of sp³-hybridized carbons (Fsp3) is 0.407. The van der Waals surface area contributed by atoms with Crippen LogP contribution in [-0.4, -0.2) is 59.5 Å². The number of benzene rings is 2. The SMILES string of the molecule is CCN(CCOCCN(C)c1ccc(N=Nc2n(C)nc[n+]2C)cc1)c1ccc(N=Nc2n(C)nc[n+]2C)cc1. The minimum absolute atomic E-state index is 0.636. The maximum atomic E-state index is 5.96. The van der Waals surface area contributed by atoms with Gasteiger partial charge < -0.3 is 14.5 Å². The monoisotopic (exact) mass is 546 g/mol. The van der Waals surface area contributed by atoms with Gasteiger partial charge in [-0.15, -0.1) is 9.36 Å². The molecule has 0 bridgehead atoms. The fourth-order valence-corrected chi connectivity index (χ4v) is 4.03. The van der Waals surface area contributed by atoms with Crippen LogP contribution in [0.3, 0.4) is 0 Å². The molecule has 0 atom stereocenters. The van der Waals surface area contributed by atoms with Gasteiger partial charge in [-0.25, -0.2) is 9.13 Å². The summed E-state index contributed by atoms with van der Waals surface area (Å²) in [5, 5.41) is 25.6. The molecule has 2 aromatic carbocycles. The van der Waals surface area contributed by atoms with E-state index in [0.29, 0.717) is 25.1 Å². The quantitative estimate of drug-likeness (QED) is 0.145. The van der Waals surface area contributed by atoms with Crippen LogP contribution in [0, 0.1) is 0 Å². The molecule has 13 nitrogen and oxygen atoms in total. The average molecular weight is 547 g/mol. The summed E-state index contributed by atoms with van der Waals surface area (Å²) in [6.07, 6.45) is 3.40. The van der Waals surface area contributed by atoms with Gasteiger partial charge in [0, 0.05) is 48.3 Å². The molecule has 0 N–H and O–H groups in total. The highest BCUT2D eigenvalue weighted by Crippen LogP contribution is 2.22.